The van der Waals surface area contributed by atoms with Gasteiger partial charge in [0.25, 0.3) is 0 Å². The average Bonchev–Trinajstić information content (AvgIpc) is 2.70. The molecule has 1 heterocycles. The number of nitrogens with one attached hydrogen (secondary N) is 1. The number of anilines is 1. The van der Waals surface area contributed by atoms with Crippen molar-refractivity contribution < 1.29 is 24.9 Å². The van der Waals surface area contributed by atoms with Gasteiger partial charge in [-0.1, -0.05) is 37.3 Å². The van der Waals surface area contributed by atoms with Gasteiger partial charge in [0.1, 0.15) is 18.4 Å². The van der Waals surface area contributed by atoms with E-state index in [-0.39, 0.29) is 5.82 Å². The topological polar surface area (TPSA) is 126 Å². The molecule has 0 saturated heterocycles. The normalized spacial score (nSPS) is 14.5. The smallest absolute Gasteiger partial charge is 0.351 e. The van der Waals surface area contributed by atoms with Gasteiger partial charge in [0.05, 0.1) is 19.8 Å². The lowest BCUT2D eigenvalue weighted by atomic mass is 10.2. The SMILES string of the molecule is CCC(OC(CO)C(O)CO)n1ccc(NOCc2ccccc2)nc1=O. The molecule has 0 spiro atoms. The number of aliphatic hydroxyl groups is 3. The van der Waals surface area contributed by atoms with Crippen molar-refractivity contribution >= 4 is 5.82 Å². The van der Waals surface area contributed by atoms with Gasteiger partial charge >= 0.3 is 5.69 Å². The molecule has 0 fully saturated rings. The molecule has 0 bridgehead atoms. The fourth-order valence-corrected chi connectivity index (χ4v) is 2.39. The first-order valence-electron chi connectivity index (χ1n) is 8.65. The Hall–Kier alpha value is -2.30. The van der Waals surface area contributed by atoms with Crippen LogP contribution in [0.2, 0.25) is 0 Å². The minimum atomic E-state index is -1.25. The van der Waals surface area contributed by atoms with Crippen molar-refractivity contribution in [3.8, 4) is 0 Å². The highest BCUT2D eigenvalue weighted by molar-refractivity contribution is 5.28. The molecule has 0 amide bonds. The van der Waals surface area contributed by atoms with E-state index in [0.29, 0.717) is 13.0 Å². The zero-order chi connectivity index (χ0) is 19.6. The molecule has 9 nitrogen and oxygen atoms in total. The van der Waals surface area contributed by atoms with E-state index in [1.54, 1.807) is 13.0 Å². The third kappa shape index (κ3) is 6.12. The van der Waals surface area contributed by atoms with Gasteiger partial charge in [-0.05, 0) is 18.1 Å². The first-order valence-corrected chi connectivity index (χ1v) is 8.65. The fourth-order valence-electron chi connectivity index (χ4n) is 2.39. The second-order valence-corrected chi connectivity index (χ2v) is 5.85. The quantitative estimate of drug-likeness (QED) is 0.414. The third-order valence-corrected chi connectivity index (χ3v) is 3.88. The number of rotatable bonds is 11. The molecule has 2 rings (SSSR count). The van der Waals surface area contributed by atoms with E-state index in [4.69, 9.17) is 14.7 Å². The maximum Gasteiger partial charge on any atom is 0.351 e. The van der Waals surface area contributed by atoms with Gasteiger partial charge in [-0.25, -0.2) is 10.3 Å². The van der Waals surface area contributed by atoms with E-state index < -0.39 is 37.3 Å². The maximum atomic E-state index is 12.3. The molecule has 0 saturated carbocycles. The Balaban J connectivity index is 2.00. The summed E-state index contributed by atoms with van der Waals surface area (Å²) < 4.78 is 6.80. The van der Waals surface area contributed by atoms with Gasteiger partial charge in [0, 0.05) is 6.20 Å². The molecule has 0 aliphatic carbocycles. The van der Waals surface area contributed by atoms with E-state index in [1.807, 2.05) is 30.3 Å². The molecule has 9 heteroatoms. The number of aromatic nitrogens is 2. The zero-order valence-corrected chi connectivity index (χ0v) is 15.1. The van der Waals surface area contributed by atoms with E-state index in [2.05, 4.69) is 10.5 Å². The predicted molar refractivity (Wildman–Crippen MR) is 97.7 cm³/mol. The molecule has 27 heavy (non-hydrogen) atoms. The first kappa shape index (κ1) is 21.0. The monoisotopic (exact) mass is 379 g/mol. The molecule has 2 aromatic rings. The van der Waals surface area contributed by atoms with Crippen LogP contribution >= 0.6 is 0 Å². The Morgan fingerprint density at radius 3 is 2.52 bits per heavy atom. The second-order valence-electron chi connectivity index (χ2n) is 5.85. The van der Waals surface area contributed by atoms with Gasteiger partial charge < -0.3 is 20.1 Å². The molecule has 0 radical (unpaired) electrons. The molecular formula is C18H25N3O6. The van der Waals surface area contributed by atoms with Crippen LogP contribution in [0.1, 0.15) is 25.1 Å². The third-order valence-electron chi connectivity index (χ3n) is 3.88. The summed E-state index contributed by atoms with van der Waals surface area (Å²) in [4.78, 5) is 21.5. The van der Waals surface area contributed by atoms with E-state index in [1.165, 1.54) is 10.8 Å². The Bertz CT molecular complexity index is 739. The van der Waals surface area contributed by atoms with Crippen molar-refractivity contribution in [3.63, 3.8) is 0 Å². The molecule has 1 aromatic carbocycles. The summed E-state index contributed by atoms with van der Waals surface area (Å²) in [6.45, 7) is 1.04. The highest BCUT2D eigenvalue weighted by Crippen LogP contribution is 2.16. The van der Waals surface area contributed by atoms with Crippen molar-refractivity contribution in [3.05, 3.63) is 58.6 Å². The molecule has 3 atom stereocenters. The number of hydrogen-bond donors (Lipinski definition) is 4. The standard InChI is InChI=1S/C18H25N3O6/c1-2-17(27-15(11-23)14(24)10-22)21-9-8-16(19-18(21)25)20-26-12-13-6-4-3-5-7-13/h3-9,14-15,17,22-24H,2,10-12H2,1H3,(H,19,20,25). The Morgan fingerprint density at radius 2 is 1.93 bits per heavy atom. The van der Waals surface area contributed by atoms with Crippen LogP contribution in [0.15, 0.2) is 47.4 Å². The molecule has 0 aliphatic rings. The maximum absolute atomic E-state index is 12.3. The molecule has 3 unspecified atom stereocenters. The van der Waals surface area contributed by atoms with Gasteiger partial charge in [0.15, 0.2) is 5.82 Å². The van der Waals surface area contributed by atoms with Crippen molar-refractivity contribution in [2.24, 2.45) is 0 Å². The van der Waals surface area contributed by atoms with Crippen LogP contribution in [0.4, 0.5) is 5.82 Å². The molecule has 148 valence electrons. The number of ether oxygens (including phenoxy) is 1. The van der Waals surface area contributed by atoms with Gasteiger partial charge in [-0.15, -0.1) is 0 Å². The van der Waals surface area contributed by atoms with Crippen LogP contribution in [0, 0.1) is 0 Å². The largest absolute Gasteiger partial charge is 0.394 e. The minimum Gasteiger partial charge on any atom is -0.394 e. The lowest BCUT2D eigenvalue weighted by Gasteiger charge is -2.26. The van der Waals surface area contributed by atoms with Crippen molar-refractivity contribution in [1.82, 2.24) is 9.55 Å². The van der Waals surface area contributed by atoms with Crippen molar-refractivity contribution in [2.75, 3.05) is 18.7 Å². The number of aliphatic hydroxyl groups excluding tert-OH is 3. The summed E-state index contributed by atoms with van der Waals surface area (Å²) in [7, 11) is 0. The van der Waals surface area contributed by atoms with Crippen LogP contribution in [-0.2, 0) is 16.2 Å². The summed E-state index contributed by atoms with van der Waals surface area (Å²) >= 11 is 0. The van der Waals surface area contributed by atoms with Gasteiger partial charge in [-0.3, -0.25) is 9.40 Å². The first-order chi connectivity index (χ1) is 13.1. The molecule has 4 N–H and O–H groups in total. The number of nitrogens with zero attached hydrogens (tertiary/aromatic N) is 2. The Kier molecular flexibility index (Phi) is 8.37. The second kappa shape index (κ2) is 10.8. The Labute approximate surface area is 156 Å². The molecule has 1 aromatic heterocycles. The van der Waals surface area contributed by atoms with Crippen LogP contribution in [0.25, 0.3) is 0 Å². The van der Waals surface area contributed by atoms with E-state index >= 15 is 0 Å². The highest BCUT2D eigenvalue weighted by atomic mass is 16.6. The summed E-state index contributed by atoms with van der Waals surface area (Å²) in [6, 6.07) is 11.1. The summed E-state index contributed by atoms with van der Waals surface area (Å²) in [6.07, 6.45) is -1.13. The predicted octanol–water partition coefficient (Wildman–Crippen LogP) is 0.426. The van der Waals surface area contributed by atoms with Crippen molar-refractivity contribution in [1.29, 1.82) is 0 Å². The van der Waals surface area contributed by atoms with E-state index in [9.17, 15) is 15.0 Å². The summed E-state index contributed by atoms with van der Waals surface area (Å²) in [5.74, 6) is 0.246. The molecular weight excluding hydrogens is 354 g/mol. The lowest BCUT2D eigenvalue weighted by Crippen LogP contribution is -2.39. The van der Waals surface area contributed by atoms with Crippen molar-refractivity contribution in [2.45, 2.75) is 38.4 Å². The average molecular weight is 379 g/mol. The van der Waals surface area contributed by atoms with Gasteiger partial charge in [0.2, 0.25) is 0 Å². The fraction of sp³-hybridized carbons (Fsp3) is 0.444. The number of hydrogen-bond acceptors (Lipinski definition) is 8. The lowest BCUT2D eigenvalue weighted by molar-refractivity contribution is -0.134. The minimum absolute atomic E-state index is 0.246. The summed E-state index contributed by atoms with van der Waals surface area (Å²) in [5.41, 5.74) is 3.01. The van der Waals surface area contributed by atoms with Crippen LogP contribution < -0.4 is 11.2 Å². The molecule has 0 aliphatic heterocycles. The van der Waals surface area contributed by atoms with Crippen LogP contribution in [-0.4, -0.2) is 50.3 Å². The number of benzene rings is 1. The van der Waals surface area contributed by atoms with Gasteiger partial charge in [-0.2, -0.15) is 4.98 Å². The zero-order valence-electron chi connectivity index (χ0n) is 15.1. The van der Waals surface area contributed by atoms with Crippen LogP contribution in [0.5, 0.6) is 0 Å². The van der Waals surface area contributed by atoms with Crippen LogP contribution in [0.3, 0.4) is 0 Å². The summed E-state index contributed by atoms with van der Waals surface area (Å²) in [5, 5.41) is 28.0. The highest BCUT2D eigenvalue weighted by Gasteiger charge is 2.23. The Morgan fingerprint density at radius 1 is 1.19 bits per heavy atom. The van der Waals surface area contributed by atoms with E-state index in [0.717, 1.165) is 5.56 Å².